The van der Waals surface area contributed by atoms with Gasteiger partial charge in [0.05, 0.1) is 59.6 Å². The van der Waals surface area contributed by atoms with Crippen LogP contribution in [0.5, 0.6) is 5.75 Å². The maximum atomic E-state index is 15.6. The summed E-state index contributed by atoms with van der Waals surface area (Å²) in [7, 11) is -0.998. The predicted octanol–water partition coefficient (Wildman–Crippen LogP) is 5.78. The van der Waals surface area contributed by atoms with Gasteiger partial charge in [0.1, 0.15) is 19.0 Å². The summed E-state index contributed by atoms with van der Waals surface area (Å²) in [5.41, 5.74) is 2.51. The van der Waals surface area contributed by atoms with Gasteiger partial charge in [0.25, 0.3) is 5.91 Å². The number of nitrogens with zero attached hydrogens (tertiary/aromatic N) is 4. The quantitative estimate of drug-likeness (QED) is 0.167. The van der Waals surface area contributed by atoms with Crippen LogP contribution in [-0.4, -0.2) is 94.7 Å². The number of ether oxygens (including phenoxy) is 4. The molecular weight excluding hydrogens is 769 g/mol. The zero-order valence-corrected chi connectivity index (χ0v) is 34.8. The van der Waals surface area contributed by atoms with Crippen LogP contribution in [0, 0.1) is 5.92 Å². The number of methoxy groups -OCH3 is 1. The standard InChI is InChI=1S/C45H50N4O9Si/c1-30-41(59(3,4)36-16-14-35(55-2)15-17-36)39(27-40(51)46(19-22-50)28-31-9-6-5-7-10-31)58-45(30)37-26-34(48-21-24-57-44(48)54)13-18-38(37)49(42(45)52)29-32-11-8-12-33(25-32)47-20-23-56-43(47)53/h5-18,25-26,30,39,41,50H,19-24,27-29H2,1-4H3/t30-,39+,41-,45+/m0/s1. The fraction of sp³-hybridized carbons (Fsp3) is 0.378. The van der Waals surface area contributed by atoms with E-state index in [4.69, 9.17) is 18.9 Å². The minimum atomic E-state index is -2.63. The van der Waals surface area contributed by atoms with Crippen LogP contribution in [-0.2, 0) is 42.5 Å². The first kappa shape index (κ1) is 40.1. The van der Waals surface area contributed by atoms with Crippen molar-refractivity contribution in [1.82, 2.24) is 4.90 Å². The second-order valence-corrected chi connectivity index (χ2v) is 20.9. The summed E-state index contributed by atoms with van der Waals surface area (Å²) in [5.74, 6) is -0.141. The number of hydrogen-bond donors (Lipinski definition) is 1. The molecule has 0 bridgehead atoms. The third-order valence-corrected chi connectivity index (χ3v) is 16.9. The lowest BCUT2D eigenvalue weighted by Crippen LogP contribution is -2.52. The van der Waals surface area contributed by atoms with Gasteiger partial charge < -0.3 is 33.9 Å². The average Bonchev–Trinajstić information content (AvgIpc) is 4.00. The van der Waals surface area contributed by atoms with Gasteiger partial charge in [-0.25, -0.2) is 9.59 Å². The number of benzene rings is 4. The molecule has 1 spiro atoms. The molecule has 308 valence electrons. The van der Waals surface area contributed by atoms with E-state index in [1.165, 1.54) is 0 Å². The maximum Gasteiger partial charge on any atom is 0.414 e. The van der Waals surface area contributed by atoms with Crippen LogP contribution in [0.2, 0.25) is 18.6 Å². The van der Waals surface area contributed by atoms with Gasteiger partial charge in [0, 0.05) is 35.9 Å². The number of amides is 4. The van der Waals surface area contributed by atoms with Gasteiger partial charge in [-0.05, 0) is 59.1 Å². The van der Waals surface area contributed by atoms with E-state index >= 15 is 4.79 Å². The Labute approximate surface area is 345 Å². The van der Waals surface area contributed by atoms with Crippen molar-refractivity contribution in [2.24, 2.45) is 5.92 Å². The van der Waals surface area contributed by atoms with E-state index in [1.807, 2.05) is 84.9 Å². The summed E-state index contributed by atoms with van der Waals surface area (Å²) < 4.78 is 23.3. The minimum Gasteiger partial charge on any atom is -0.497 e. The molecule has 4 aromatic carbocycles. The van der Waals surface area contributed by atoms with Gasteiger partial charge >= 0.3 is 12.2 Å². The van der Waals surface area contributed by atoms with Crippen molar-refractivity contribution in [1.29, 1.82) is 0 Å². The third-order valence-electron chi connectivity index (χ3n) is 12.5. The van der Waals surface area contributed by atoms with Crippen molar-refractivity contribution in [3.63, 3.8) is 0 Å². The number of hydrogen-bond acceptors (Lipinski definition) is 9. The number of aliphatic hydroxyl groups excluding tert-OH is 1. The van der Waals surface area contributed by atoms with Gasteiger partial charge in [-0.2, -0.15) is 0 Å². The van der Waals surface area contributed by atoms with Crippen LogP contribution in [0.1, 0.15) is 30.0 Å². The van der Waals surface area contributed by atoms with E-state index < -0.39 is 37.9 Å². The van der Waals surface area contributed by atoms with Gasteiger partial charge in [0.2, 0.25) is 5.91 Å². The molecule has 4 heterocycles. The molecule has 59 heavy (non-hydrogen) atoms. The summed E-state index contributed by atoms with van der Waals surface area (Å²) in [4.78, 5) is 62.0. The van der Waals surface area contributed by atoms with E-state index in [2.05, 4.69) is 32.2 Å². The smallest absolute Gasteiger partial charge is 0.414 e. The van der Waals surface area contributed by atoms with Crippen LogP contribution >= 0.6 is 0 Å². The fourth-order valence-corrected chi connectivity index (χ4v) is 13.6. The summed E-state index contributed by atoms with van der Waals surface area (Å²) >= 11 is 0. The lowest BCUT2D eigenvalue weighted by Gasteiger charge is -2.37. The fourth-order valence-electron chi connectivity index (χ4n) is 9.61. The normalized spacial score (nSPS) is 22.6. The summed E-state index contributed by atoms with van der Waals surface area (Å²) in [5, 5.41) is 11.2. The van der Waals surface area contributed by atoms with Crippen molar-refractivity contribution in [3.05, 3.63) is 114 Å². The van der Waals surface area contributed by atoms with Crippen LogP contribution in [0.3, 0.4) is 0 Å². The van der Waals surface area contributed by atoms with E-state index in [1.54, 1.807) is 26.7 Å². The minimum absolute atomic E-state index is 0.00902. The molecule has 4 aliphatic heterocycles. The van der Waals surface area contributed by atoms with Crippen LogP contribution in [0.4, 0.5) is 26.7 Å². The van der Waals surface area contributed by atoms with E-state index in [-0.39, 0.29) is 50.1 Å². The molecule has 4 aliphatic rings. The van der Waals surface area contributed by atoms with Crippen molar-refractivity contribution in [3.8, 4) is 5.75 Å². The Morgan fingerprint density at radius 2 is 1.53 bits per heavy atom. The summed E-state index contributed by atoms with van der Waals surface area (Å²) in [6.07, 6.45) is -1.57. The van der Waals surface area contributed by atoms with Gasteiger partial charge in [-0.3, -0.25) is 19.4 Å². The summed E-state index contributed by atoms with van der Waals surface area (Å²) in [6.45, 7) is 8.36. The molecular formula is C45H50N4O9Si. The molecule has 0 unspecified atom stereocenters. The van der Waals surface area contributed by atoms with E-state index in [0.717, 1.165) is 22.1 Å². The molecule has 3 fully saturated rings. The van der Waals surface area contributed by atoms with Crippen molar-refractivity contribution >= 4 is 54.3 Å². The molecule has 14 heteroatoms. The lowest BCUT2D eigenvalue weighted by atomic mass is 9.82. The zero-order valence-electron chi connectivity index (χ0n) is 33.8. The number of carbonyl (C=O) groups excluding carboxylic acids is 4. The Morgan fingerprint density at radius 1 is 0.864 bits per heavy atom. The highest BCUT2D eigenvalue weighted by molar-refractivity contribution is 6.91. The predicted molar refractivity (Wildman–Crippen MR) is 225 cm³/mol. The molecule has 0 aromatic heterocycles. The second kappa shape index (κ2) is 16.2. The maximum absolute atomic E-state index is 15.6. The highest BCUT2D eigenvalue weighted by Gasteiger charge is 2.66. The highest BCUT2D eigenvalue weighted by atomic mass is 28.3. The third kappa shape index (κ3) is 7.23. The van der Waals surface area contributed by atoms with E-state index in [0.29, 0.717) is 48.9 Å². The molecule has 4 aromatic rings. The molecule has 1 N–H and O–H groups in total. The monoisotopic (exact) mass is 818 g/mol. The zero-order chi connectivity index (χ0) is 41.5. The van der Waals surface area contributed by atoms with Crippen LogP contribution in [0.15, 0.2) is 97.1 Å². The molecule has 0 aliphatic carbocycles. The number of cyclic esters (lactones) is 2. The first-order valence-electron chi connectivity index (χ1n) is 20.1. The van der Waals surface area contributed by atoms with Crippen LogP contribution in [0.25, 0.3) is 0 Å². The SMILES string of the molecule is COc1ccc([Si](C)(C)[C@@H]2[C@@H](CC(=O)N(CCO)Cc3ccccc3)O[C@]3(C(=O)N(Cc4cccc(N5CCOC5=O)c4)c4ccc(N5CCOC5=O)cc43)[C@H]2C)cc1. The number of anilines is 3. The van der Waals surface area contributed by atoms with Gasteiger partial charge in [0.15, 0.2) is 5.60 Å². The molecule has 8 rings (SSSR count). The first-order valence-corrected chi connectivity index (χ1v) is 23.2. The Bertz CT molecular complexity index is 2240. The lowest BCUT2D eigenvalue weighted by molar-refractivity contribution is -0.150. The Kier molecular flexibility index (Phi) is 11.0. The van der Waals surface area contributed by atoms with Gasteiger partial charge in [-0.15, -0.1) is 0 Å². The first-order chi connectivity index (χ1) is 28.5. The Morgan fingerprint density at radius 3 is 2.15 bits per heavy atom. The number of fused-ring (bicyclic) bond motifs is 2. The molecule has 3 saturated heterocycles. The largest absolute Gasteiger partial charge is 0.497 e. The van der Waals surface area contributed by atoms with E-state index in [9.17, 15) is 19.5 Å². The highest BCUT2D eigenvalue weighted by Crippen LogP contribution is 2.60. The Balaban J connectivity index is 1.22. The molecule has 4 atom stereocenters. The van der Waals surface area contributed by atoms with Crippen molar-refractivity contribution in [2.45, 2.75) is 56.8 Å². The van der Waals surface area contributed by atoms with Gasteiger partial charge in [-0.1, -0.05) is 79.8 Å². The number of carbonyl (C=O) groups is 4. The number of aliphatic hydroxyl groups is 1. The molecule has 4 amide bonds. The Hall–Kier alpha value is -5.70. The topological polar surface area (TPSA) is 138 Å². The summed E-state index contributed by atoms with van der Waals surface area (Å²) in [6, 6.07) is 30.8. The molecule has 0 saturated carbocycles. The van der Waals surface area contributed by atoms with Crippen molar-refractivity contribution < 1.29 is 43.2 Å². The molecule has 13 nitrogen and oxygen atoms in total. The number of rotatable bonds is 13. The van der Waals surface area contributed by atoms with Crippen molar-refractivity contribution in [2.75, 3.05) is 61.3 Å². The molecule has 0 radical (unpaired) electrons. The van der Waals surface area contributed by atoms with Crippen LogP contribution < -0.4 is 24.6 Å². The average molecular weight is 819 g/mol. The second-order valence-electron chi connectivity index (χ2n) is 16.2.